The minimum absolute atomic E-state index is 0.385. The molecule has 1 radical (unpaired) electrons. The maximum atomic E-state index is 10.8. The Labute approximate surface area is 70.9 Å². The van der Waals surface area contributed by atoms with Gasteiger partial charge in [-0.15, -0.1) is 0 Å². The second-order valence-electron chi connectivity index (χ2n) is 2.34. The number of hydrogen-bond donors (Lipinski definition) is 1. The zero-order valence-electron chi connectivity index (χ0n) is 6.70. The summed E-state index contributed by atoms with van der Waals surface area (Å²) in [6, 6.07) is 0. The molecule has 1 aromatic rings. The lowest BCUT2D eigenvalue weighted by Gasteiger charge is -2.03. The fraction of sp³-hybridized carbons (Fsp3) is 0.333. The van der Waals surface area contributed by atoms with Crippen molar-refractivity contribution in [3.05, 3.63) is 18.2 Å². The van der Waals surface area contributed by atoms with Crippen LogP contribution in [0.4, 0.5) is 5.69 Å². The zero-order chi connectivity index (χ0) is 9.19. The summed E-state index contributed by atoms with van der Waals surface area (Å²) in [7, 11) is -3.24. The molecule has 1 aromatic heterocycles. The average Bonchev–Trinajstić information content (AvgIpc) is 1.91. The second kappa shape index (κ2) is 3.06. The van der Waals surface area contributed by atoms with Gasteiger partial charge in [-0.05, 0) is 6.92 Å². The van der Waals surface area contributed by atoms with Crippen molar-refractivity contribution in [1.82, 2.24) is 9.97 Å². The molecule has 1 heterocycles. The highest BCUT2D eigenvalue weighted by atomic mass is 32.2. The highest BCUT2D eigenvalue weighted by molar-refractivity contribution is 7.92. The summed E-state index contributed by atoms with van der Waals surface area (Å²) < 4.78 is 23.8. The standard InChI is InChI=1S/C6H8N3O2S/c1-5-6(3-7-4-8-5)9-12(2,10)11/h3,9H,1-2H3. The Morgan fingerprint density at radius 3 is 2.75 bits per heavy atom. The van der Waals surface area contributed by atoms with Crippen molar-refractivity contribution >= 4 is 15.7 Å². The lowest BCUT2D eigenvalue weighted by Crippen LogP contribution is -2.11. The molecule has 0 spiro atoms. The molecule has 0 aliphatic heterocycles. The van der Waals surface area contributed by atoms with Gasteiger partial charge in [-0.2, -0.15) is 0 Å². The van der Waals surface area contributed by atoms with Gasteiger partial charge in [0.2, 0.25) is 10.0 Å². The molecule has 0 amide bonds. The first-order valence-corrected chi connectivity index (χ1v) is 5.05. The smallest absolute Gasteiger partial charge is 0.229 e. The maximum absolute atomic E-state index is 10.8. The molecule has 0 fully saturated rings. The third-order valence-electron chi connectivity index (χ3n) is 1.15. The molecule has 12 heavy (non-hydrogen) atoms. The lowest BCUT2D eigenvalue weighted by atomic mass is 10.4. The molecule has 6 heteroatoms. The van der Waals surface area contributed by atoms with Crippen LogP contribution >= 0.6 is 0 Å². The predicted octanol–water partition coefficient (Wildman–Crippen LogP) is -0.0433. The monoisotopic (exact) mass is 186 g/mol. The Hall–Kier alpha value is -1.17. The van der Waals surface area contributed by atoms with E-state index in [1.54, 1.807) is 6.92 Å². The molecular weight excluding hydrogens is 178 g/mol. The first kappa shape index (κ1) is 8.92. The van der Waals surface area contributed by atoms with Crippen LogP contribution in [0.3, 0.4) is 0 Å². The number of rotatable bonds is 2. The summed E-state index contributed by atoms with van der Waals surface area (Å²) in [6.45, 7) is 1.67. The van der Waals surface area contributed by atoms with Crippen LogP contribution in [0.15, 0.2) is 6.20 Å². The van der Waals surface area contributed by atoms with E-state index in [4.69, 9.17) is 0 Å². The molecule has 0 atom stereocenters. The van der Waals surface area contributed by atoms with E-state index < -0.39 is 10.0 Å². The second-order valence-corrected chi connectivity index (χ2v) is 4.09. The summed E-state index contributed by atoms with van der Waals surface area (Å²) in [4.78, 5) is 7.27. The fourth-order valence-electron chi connectivity index (χ4n) is 0.651. The van der Waals surface area contributed by atoms with E-state index in [9.17, 15) is 8.42 Å². The summed E-state index contributed by atoms with van der Waals surface area (Å²) >= 11 is 0. The summed E-state index contributed by atoms with van der Waals surface area (Å²) in [5.74, 6) is 0. The van der Waals surface area contributed by atoms with E-state index in [0.29, 0.717) is 11.4 Å². The van der Waals surface area contributed by atoms with Crippen molar-refractivity contribution in [3.63, 3.8) is 0 Å². The summed E-state index contributed by atoms with van der Waals surface area (Å²) in [5.41, 5.74) is 0.937. The van der Waals surface area contributed by atoms with Crippen molar-refractivity contribution in [2.45, 2.75) is 6.92 Å². The van der Waals surface area contributed by atoms with E-state index >= 15 is 0 Å². The normalized spacial score (nSPS) is 11.2. The van der Waals surface area contributed by atoms with Gasteiger partial charge < -0.3 is 0 Å². The third-order valence-corrected chi connectivity index (χ3v) is 1.74. The van der Waals surface area contributed by atoms with Crippen LogP contribution in [0.2, 0.25) is 0 Å². The number of nitrogens with zero attached hydrogens (tertiary/aromatic N) is 2. The van der Waals surface area contributed by atoms with Crippen LogP contribution in [0.25, 0.3) is 0 Å². The van der Waals surface area contributed by atoms with Gasteiger partial charge in [-0.25, -0.2) is 18.4 Å². The van der Waals surface area contributed by atoms with Gasteiger partial charge in [0, 0.05) is 0 Å². The molecule has 0 saturated carbocycles. The topological polar surface area (TPSA) is 72.0 Å². The van der Waals surface area contributed by atoms with Crippen LogP contribution in [-0.4, -0.2) is 24.6 Å². The van der Waals surface area contributed by atoms with E-state index in [0.717, 1.165) is 6.26 Å². The summed E-state index contributed by atoms with van der Waals surface area (Å²) in [6.07, 6.45) is 4.79. The Balaban J connectivity index is 2.98. The van der Waals surface area contributed by atoms with Crippen molar-refractivity contribution in [1.29, 1.82) is 0 Å². The van der Waals surface area contributed by atoms with E-state index in [-0.39, 0.29) is 0 Å². The number of sulfonamides is 1. The Bertz CT molecular complexity index is 374. The van der Waals surface area contributed by atoms with Crippen molar-refractivity contribution in [2.24, 2.45) is 0 Å². The van der Waals surface area contributed by atoms with E-state index in [1.807, 2.05) is 0 Å². The fourth-order valence-corrected chi connectivity index (χ4v) is 1.25. The highest BCUT2D eigenvalue weighted by Crippen LogP contribution is 2.09. The van der Waals surface area contributed by atoms with Crippen LogP contribution in [-0.2, 0) is 10.0 Å². The van der Waals surface area contributed by atoms with Crippen molar-refractivity contribution in [3.8, 4) is 0 Å². The third kappa shape index (κ3) is 2.46. The number of anilines is 1. The highest BCUT2D eigenvalue weighted by Gasteiger charge is 2.04. The quantitative estimate of drug-likeness (QED) is 0.703. The van der Waals surface area contributed by atoms with Crippen molar-refractivity contribution in [2.75, 3.05) is 11.0 Å². The Morgan fingerprint density at radius 2 is 2.25 bits per heavy atom. The maximum Gasteiger partial charge on any atom is 0.229 e. The molecular formula is C6H8N3O2S. The molecule has 0 aromatic carbocycles. The SMILES string of the molecule is Cc1n[c]ncc1NS(C)(=O)=O. The van der Waals surface area contributed by atoms with Crippen LogP contribution in [0, 0.1) is 13.3 Å². The van der Waals surface area contributed by atoms with E-state index in [1.165, 1.54) is 6.20 Å². The van der Waals surface area contributed by atoms with Crippen molar-refractivity contribution < 1.29 is 8.42 Å². The predicted molar refractivity (Wildman–Crippen MR) is 44.1 cm³/mol. The zero-order valence-corrected chi connectivity index (χ0v) is 7.51. The Morgan fingerprint density at radius 1 is 1.58 bits per heavy atom. The molecule has 65 valence electrons. The van der Waals surface area contributed by atoms with Gasteiger partial charge in [0.05, 0.1) is 23.8 Å². The lowest BCUT2D eigenvalue weighted by molar-refractivity contribution is 0.606. The van der Waals surface area contributed by atoms with Crippen LogP contribution in [0.5, 0.6) is 0 Å². The van der Waals surface area contributed by atoms with Gasteiger partial charge in [0.15, 0.2) is 6.33 Å². The van der Waals surface area contributed by atoms with E-state index in [2.05, 4.69) is 21.0 Å². The molecule has 5 nitrogen and oxygen atoms in total. The number of hydrogen-bond acceptors (Lipinski definition) is 4. The van der Waals surface area contributed by atoms with Crippen LogP contribution < -0.4 is 4.72 Å². The first-order chi connectivity index (χ1) is 5.49. The largest absolute Gasteiger partial charge is 0.280 e. The van der Waals surface area contributed by atoms with Gasteiger partial charge in [0.1, 0.15) is 0 Å². The number of nitrogens with one attached hydrogen (secondary N) is 1. The van der Waals surface area contributed by atoms with Gasteiger partial charge >= 0.3 is 0 Å². The molecule has 1 N–H and O–H groups in total. The average molecular weight is 186 g/mol. The number of aryl methyl sites for hydroxylation is 1. The molecule has 0 saturated heterocycles. The van der Waals surface area contributed by atoms with Gasteiger partial charge in [0.25, 0.3) is 0 Å². The number of aromatic nitrogens is 2. The van der Waals surface area contributed by atoms with Crippen LogP contribution in [0.1, 0.15) is 5.69 Å². The molecule has 0 bridgehead atoms. The first-order valence-electron chi connectivity index (χ1n) is 3.16. The minimum atomic E-state index is -3.24. The molecule has 1 rings (SSSR count). The molecule has 0 unspecified atom stereocenters. The minimum Gasteiger partial charge on any atom is -0.280 e. The van der Waals surface area contributed by atoms with Gasteiger partial charge in [-0.3, -0.25) is 4.72 Å². The Kier molecular flexibility index (Phi) is 2.27. The molecule has 0 aliphatic carbocycles. The van der Waals surface area contributed by atoms with Gasteiger partial charge in [-0.1, -0.05) is 0 Å². The molecule has 0 aliphatic rings. The summed E-state index contributed by atoms with van der Waals surface area (Å²) in [5, 5.41) is 0.